The van der Waals surface area contributed by atoms with Gasteiger partial charge in [0.05, 0.1) is 12.6 Å². The molecule has 5 nitrogen and oxygen atoms in total. The lowest BCUT2D eigenvalue weighted by molar-refractivity contribution is 0.230. The van der Waals surface area contributed by atoms with Gasteiger partial charge in [-0.1, -0.05) is 18.2 Å². The largest absolute Gasteiger partial charge is 0.493 e. The third-order valence-corrected chi connectivity index (χ3v) is 2.34. The third-order valence-electron chi connectivity index (χ3n) is 2.34. The van der Waals surface area contributed by atoms with Crippen molar-refractivity contribution in [2.75, 3.05) is 6.61 Å². The van der Waals surface area contributed by atoms with Crippen molar-refractivity contribution in [3.8, 4) is 5.75 Å². The monoisotopic (exact) mass is 207 g/mol. The van der Waals surface area contributed by atoms with Crippen LogP contribution in [0.5, 0.6) is 5.75 Å². The number of guanidine groups is 1. The summed E-state index contributed by atoms with van der Waals surface area (Å²) in [5.74, 6) is 0.861. The number of para-hydroxylation sites is 1. The van der Waals surface area contributed by atoms with Crippen LogP contribution in [-0.2, 0) is 0 Å². The fraction of sp³-hybridized carbons (Fsp3) is 0.300. The van der Waals surface area contributed by atoms with Crippen molar-refractivity contribution >= 4 is 5.96 Å². The first-order valence-electron chi connectivity index (χ1n) is 4.76. The van der Waals surface area contributed by atoms with Gasteiger partial charge in [-0.25, -0.2) is 10.5 Å². The van der Waals surface area contributed by atoms with Crippen molar-refractivity contribution in [2.45, 2.75) is 12.5 Å². The molecule has 4 N–H and O–H groups in total. The summed E-state index contributed by atoms with van der Waals surface area (Å²) in [7, 11) is 0. The summed E-state index contributed by atoms with van der Waals surface area (Å²) in [5, 5.41) is 8.58. The first kappa shape index (κ1) is 9.79. The first-order valence-corrected chi connectivity index (χ1v) is 4.76. The smallest absolute Gasteiger partial charge is 0.213 e. The molecule has 0 saturated carbocycles. The van der Waals surface area contributed by atoms with E-state index in [0.29, 0.717) is 6.61 Å². The van der Waals surface area contributed by atoms with Gasteiger partial charge in [-0.2, -0.15) is 0 Å². The van der Waals surface area contributed by atoms with Crippen LogP contribution in [-0.4, -0.2) is 17.8 Å². The van der Waals surface area contributed by atoms with E-state index < -0.39 is 0 Å². The van der Waals surface area contributed by atoms with E-state index in [1.54, 1.807) is 0 Å². The fourth-order valence-electron chi connectivity index (χ4n) is 1.65. The van der Waals surface area contributed by atoms with Gasteiger partial charge in [0.1, 0.15) is 5.75 Å². The summed E-state index contributed by atoms with van der Waals surface area (Å²) in [6, 6.07) is 7.65. The molecule has 1 aliphatic rings. The van der Waals surface area contributed by atoms with Crippen LogP contribution in [0.3, 0.4) is 0 Å². The van der Waals surface area contributed by atoms with Gasteiger partial charge < -0.3 is 10.5 Å². The summed E-state index contributed by atoms with van der Waals surface area (Å²) in [5.41, 5.74) is 8.24. The fourth-order valence-corrected chi connectivity index (χ4v) is 1.65. The third kappa shape index (κ3) is 2.02. The normalized spacial score (nSPS) is 20.3. The van der Waals surface area contributed by atoms with Crippen LogP contribution in [0, 0.1) is 0 Å². The maximum atomic E-state index is 8.58. The minimum absolute atomic E-state index is 0.0247. The predicted octanol–water partition coefficient (Wildman–Crippen LogP) is 0.804. The molecule has 0 saturated heterocycles. The summed E-state index contributed by atoms with van der Waals surface area (Å²) < 4.78 is 5.48. The number of nitrogens with two attached hydrogens (primary N) is 1. The van der Waals surface area contributed by atoms with E-state index >= 15 is 0 Å². The van der Waals surface area contributed by atoms with Crippen LogP contribution in [0.4, 0.5) is 0 Å². The maximum absolute atomic E-state index is 8.58. The summed E-state index contributed by atoms with van der Waals surface area (Å²) >= 11 is 0. The molecule has 1 aliphatic heterocycles. The molecule has 0 bridgehead atoms. The van der Waals surface area contributed by atoms with Gasteiger partial charge in [-0.15, -0.1) is 0 Å². The molecule has 5 heteroatoms. The van der Waals surface area contributed by atoms with Gasteiger partial charge in [-0.05, 0) is 6.07 Å². The van der Waals surface area contributed by atoms with Gasteiger partial charge in [0.2, 0.25) is 5.96 Å². The van der Waals surface area contributed by atoms with Crippen LogP contribution in [0.15, 0.2) is 29.3 Å². The molecule has 1 unspecified atom stereocenters. The molecule has 2 rings (SSSR count). The van der Waals surface area contributed by atoms with E-state index in [4.69, 9.17) is 15.7 Å². The molecule has 1 heterocycles. The molecule has 0 aliphatic carbocycles. The number of nitrogens with zero attached hydrogens (tertiary/aromatic N) is 1. The number of fused-ring (bicyclic) bond motifs is 1. The Labute approximate surface area is 87.5 Å². The Balaban J connectivity index is 2.30. The highest BCUT2D eigenvalue weighted by molar-refractivity contribution is 5.76. The van der Waals surface area contributed by atoms with Gasteiger partial charge in [0.15, 0.2) is 0 Å². The first-order chi connectivity index (χ1) is 7.31. The highest BCUT2D eigenvalue weighted by Gasteiger charge is 2.20. The number of hydrogen-bond donors (Lipinski definition) is 3. The predicted molar refractivity (Wildman–Crippen MR) is 55.8 cm³/mol. The average molecular weight is 207 g/mol. The average Bonchev–Trinajstić information content (AvgIpc) is 2.29. The van der Waals surface area contributed by atoms with E-state index in [9.17, 15) is 0 Å². The number of ether oxygens (including phenoxy) is 1. The number of rotatable bonds is 1. The summed E-state index contributed by atoms with van der Waals surface area (Å²) in [4.78, 5) is 4.15. The quantitative estimate of drug-likeness (QED) is 0.361. The van der Waals surface area contributed by atoms with Crippen LogP contribution < -0.4 is 16.0 Å². The Morgan fingerprint density at radius 2 is 2.33 bits per heavy atom. The minimum Gasteiger partial charge on any atom is -0.493 e. The van der Waals surface area contributed by atoms with E-state index in [1.165, 1.54) is 0 Å². The molecule has 0 spiro atoms. The number of benzene rings is 1. The molecule has 1 aromatic carbocycles. The molecule has 0 radical (unpaired) electrons. The highest BCUT2D eigenvalue weighted by Crippen LogP contribution is 2.33. The molecule has 0 fully saturated rings. The summed E-state index contributed by atoms with van der Waals surface area (Å²) in [6.07, 6.45) is 0.763. The van der Waals surface area contributed by atoms with Gasteiger partial charge in [-0.3, -0.25) is 5.21 Å². The number of hydroxylamine groups is 1. The second-order valence-electron chi connectivity index (χ2n) is 3.32. The van der Waals surface area contributed by atoms with Crippen molar-refractivity contribution in [3.05, 3.63) is 29.8 Å². The number of aliphatic imine (C=N–C) groups is 1. The van der Waals surface area contributed by atoms with Crippen molar-refractivity contribution in [1.82, 2.24) is 5.48 Å². The van der Waals surface area contributed by atoms with Crippen molar-refractivity contribution < 1.29 is 9.94 Å². The molecule has 1 aromatic rings. The Kier molecular flexibility index (Phi) is 2.73. The zero-order valence-electron chi connectivity index (χ0n) is 8.18. The van der Waals surface area contributed by atoms with Crippen molar-refractivity contribution in [1.29, 1.82) is 0 Å². The van der Waals surface area contributed by atoms with E-state index in [0.717, 1.165) is 17.7 Å². The van der Waals surface area contributed by atoms with E-state index in [2.05, 4.69) is 4.99 Å². The topological polar surface area (TPSA) is 79.9 Å². The second-order valence-corrected chi connectivity index (χ2v) is 3.32. The van der Waals surface area contributed by atoms with E-state index in [-0.39, 0.29) is 12.0 Å². The lowest BCUT2D eigenvalue weighted by Crippen LogP contribution is -2.29. The maximum Gasteiger partial charge on any atom is 0.213 e. The SMILES string of the molecule is NC(=NC1CCOc2ccccc21)NO. The Hall–Kier alpha value is -1.75. The summed E-state index contributed by atoms with van der Waals surface area (Å²) in [6.45, 7) is 0.615. The number of nitrogens with one attached hydrogen (secondary N) is 1. The molecular weight excluding hydrogens is 194 g/mol. The highest BCUT2D eigenvalue weighted by atomic mass is 16.5. The van der Waals surface area contributed by atoms with Crippen molar-refractivity contribution in [2.24, 2.45) is 10.7 Å². The van der Waals surface area contributed by atoms with Crippen LogP contribution in [0.1, 0.15) is 18.0 Å². The van der Waals surface area contributed by atoms with Crippen LogP contribution >= 0.6 is 0 Å². The molecule has 80 valence electrons. The Morgan fingerprint density at radius 1 is 1.53 bits per heavy atom. The van der Waals surface area contributed by atoms with Crippen LogP contribution in [0.2, 0.25) is 0 Å². The molecule has 0 aromatic heterocycles. The lowest BCUT2D eigenvalue weighted by Gasteiger charge is -2.23. The molecule has 15 heavy (non-hydrogen) atoms. The number of hydrogen-bond acceptors (Lipinski definition) is 3. The minimum atomic E-state index is -0.0467. The molecular formula is C10H13N3O2. The van der Waals surface area contributed by atoms with Gasteiger partial charge in [0.25, 0.3) is 0 Å². The zero-order chi connectivity index (χ0) is 10.7. The van der Waals surface area contributed by atoms with Gasteiger partial charge >= 0.3 is 0 Å². The lowest BCUT2D eigenvalue weighted by atomic mass is 10.0. The standard InChI is InChI=1S/C10H13N3O2/c11-10(13-14)12-8-5-6-15-9-4-2-1-3-7(8)9/h1-4,8,14H,5-6H2,(H3,11,12,13). The van der Waals surface area contributed by atoms with Crippen molar-refractivity contribution in [3.63, 3.8) is 0 Å². The molecule has 0 amide bonds. The van der Waals surface area contributed by atoms with E-state index in [1.807, 2.05) is 29.7 Å². The Morgan fingerprint density at radius 3 is 3.13 bits per heavy atom. The Bertz CT molecular complexity index is 379. The zero-order valence-corrected chi connectivity index (χ0v) is 8.18. The van der Waals surface area contributed by atoms with Crippen LogP contribution in [0.25, 0.3) is 0 Å². The second kappa shape index (κ2) is 4.18. The van der Waals surface area contributed by atoms with Gasteiger partial charge in [0, 0.05) is 12.0 Å². The molecule has 1 atom stereocenters.